The van der Waals surface area contributed by atoms with Gasteiger partial charge in [-0.25, -0.2) is 0 Å². The second-order valence-electron chi connectivity index (χ2n) is 6.03. The minimum Gasteiger partial charge on any atom is -0.377 e. The quantitative estimate of drug-likeness (QED) is 0.808. The van der Waals surface area contributed by atoms with Crippen LogP contribution in [0, 0.1) is 0 Å². The number of ether oxygens (including phenoxy) is 1. The van der Waals surface area contributed by atoms with E-state index in [4.69, 9.17) is 4.74 Å². The lowest BCUT2D eigenvalue weighted by Gasteiger charge is -2.36. The van der Waals surface area contributed by atoms with Gasteiger partial charge < -0.3 is 10.1 Å². The van der Waals surface area contributed by atoms with Crippen LogP contribution in [0.5, 0.6) is 0 Å². The van der Waals surface area contributed by atoms with Gasteiger partial charge >= 0.3 is 0 Å². The Hall–Kier alpha value is -0.120. The predicted molar refractivity (Wildman–Crippen MR) is 69.2 cm³/mol. The molecule has 3 aliphatic rings. The zero-order chi connectivity index (χ0) is 11.5. The van der Waals surface area contributed by atoms with Gasteiger partial charge in [-0.1, -0.05) is 0 Å². The summed E-state index contributed by atoms with van der Waals surface area (Å²) in [5.74, 6) is 0. The van der Waals surface area contributed by atoms with E-state index >= 15 is 0 Å². The van der Waals surface area contributed by atoms with Gasteiger partial charge in [0.1, 0.15) is 0 Å². The van der Waals surface area contributed by atoms with Crippen molar-refractivity contribution in [1.29, 1.82) is 0 Å². The van der Waals surface area contributed by atoms with Crippen LogP contribution in [0.15, 0.2) is 0 Å². The highest BCUT2D eigenvalue weighted by Crippen LogP contribution is 2.22. The van der Waals surface area contributed by atoms with Crippen LogP contribution in [0.1, 0.15) is 44.9 Å². The molecule has 1 saturated carbocycles. The summed E-state index contributed by atoms with van der Waals surface area (Å²) < 4.78 is 5.85. The molecule has 2 heterocycles. The van der Waals surface area contributed by atoms with Crippen LogP contribution in [0.2, 0.25) is 0 Å². The Labute approximate surface area is 105 Å². The molecule has 0 aromatic heterocycles. The largest absolute Gasteiger partial charge is 0.377 e. The van der Waals surface area contributed by atoms with Gasteiger partial charge in [-0.3, -0.25) is 4.90 Å². The Morgan fingerprint density at radius 3 is 2.71 bits per heavy atom. The van der Waals surface area contributed by atoms with E-state index in [0.717, 1.165) is 18.7 Å². The van der Waals surface area contributed by atoms with Crippen LogP contribution in [0.3, 0.4) is 0 Å². The van der Waals surface area contributed by atoms with Crippen LogP contribution in [-0.2, 0) is 4.74 Å². The second-order valence-corrected chi connectivity index (χ2v) is 6.03. The Bertz CT molecular complexity index is 236. The first kappa shape index (κ1) is 11.9. The molecule has 3 rings (SSSR count). The summed E-state index contributed by atoms with van der Waals surface area (Å²) in [6, 6.07) is 1.60. The average Bonchev–Trinajstić information content (AvgIpc) is 3.15. The molecule has 2 aliphatic heterocycles. The molecular formula is C14H26N2O. The van der Waals surface area contributed by atoms with Crippen molar-refractivity contribution in [2.24, 2.45) is 0 Å². The van der Waals surface area contributed by atoms with Crippen LogP contribution in [0.4, 0.5) is 0 Å². The number of hydrogen-bond acceptors (Lipinski definition) is 3. The van der Waals surface area contributed by atoms with Crippen molar-refractivity contribution < 1.29 is 4.74 Å². The molecule has 17 heavy (non-hydrogen) atoms. The standard InChI is InChI=1S/C14H26N2O/c1-2-9-17-14(5-1)11-16-8-3-4-13(10-16)15-12-6-7-12/h12-15H,1-11H2. The van der Waals surface area contributed by atoms with Crippen LogP contribution in [-0.4, -0.2) is 49.3 Å². The first-order valence-corrected chi connectivity index (χ1v) is 7.50. The lowest BCUT2D eigenvalue weighted by Crippen LogP contribution is -2.49. The van der Waals surface area contributed by atoms with Crippen LogP contribution >= 0.6 is 0 Å². The van der Waals surface area contributed by atoms with E-state index in [9.17, 15) is 0 Å². The topological polar surface area (TPSA) is 24.5 Å². The van der Waals surface area contributed by atoms with E-state index < -0.39 is 0 Å². The monoisotopic (exact) mass is 238 g/mol. The Kier molecular flexibility index (Phi) is 3.99. The van der Waals surface area contributed by atoms with Gasteiger partial charge in [0.15, 0.2) is 0 Å². The van der Waals surface area contributed by atoms with Gasteiger partial charge in [0.05, 0.1) is 6.10 Å². The minimum absolute atomic E-state index is 0.517. The maximum atomic E-state index is 5.85. The first-order chi connectivity index (χ1) is 8.40. The van der Waals surface area contributed by atoms with Gasteiger partial charge in [-0.2, -0.15) is 0 Å². The number of nitrogens with zero attached hydrogens (tertiary/aromatic N) is 1. The summed E-state index contributed by atoms with van der Waals surface area (Å²) >= 11 is 0. The predicted octanol–water partition coefficient (Wildman–Crippen LogP) is 1.77. The fourth-order valence-corrected chi connectivity index (χ4v) is 3.18. The molecule has 1 N–H and O–H groups in total. The maximum absolute atomic E-state index is 5.85. The lowest BCUT2D eigenvalue weighted by molar-refractivity contribution is -0.0108. The number of hydrogen-bond donors (Lipinski definition) is 1. The van der Waals surface area contributed by atoms with Gasteiger partial charge in [0.25, 0.3) is 0 Å². The van der Waals surface area contributed by atoms with Crippen molar-refractivity contribution in [2.75, 3.05) is 26.2 Å². The molecule has 2 saturated heterocycles. The summed E-state index contributed by atoms with van der Waals surface area (Å²) in [5, 5.41) is 3.78. The summed E-state index contributed by atoms with van der Waals surface area (Å²) in [7, 11) is 0. The van der Waals surface area contributed by atoms with E-state index in [1.807, 2.05) is 0 Å². The molecule has 0 radical (unpaired) electrons. The summed E-state index contributed by atoms with van der Waals surface area (Å²) in [5.41, 5.74) is 0. The van der Waals surface area contributed by atoms with Crippen molar-refractivity contribution >= 4 is 0 Å². The molecular weight excluding hydrogens is 212 g/mol. The molecule has 3 heteroatoms. The molecule has 0 aromatic carbocycles. The highest BCUT2D eigenvalue weighted by Gasteiger charge is 2.28. The van der Waals surface area contributed by atoms with Gasteiger partial charge in [0.2, 0.25) is 0 Å². The average molecular weight is 238 g/mol. The number of nitrogens with one attached hydrogen (secondary N) is 1. The minimum atomic E-state index is 0.517. The van der Waals surface area contributed by atoms with E-state index in [2.05, 4.69) is 10.2 Å². The van der Waals surface area contributed by atoms with Crippen molar-refractivity contribution in [3.63, 3.8) is 0 Å². The van der Waals surface area contributed by atoms with Gasteiger partial charge in [-0.05, 0) is 51.5 Å². The van der Waals surface area contributed by atoms with E-state index in [0.29, 0.717) is 6.10 Å². The molecule has 1 aliphatic carbocycles. The molecule has 0 amide bonds. The molecule has 3 fully saturated rings. The van der Waals surface area contributed by atoms with Crippen molar-refractivity contribution in [3.8, 4) is 0 Å². The number of likely N-dealkylation sites (tertiary alicyclic amines) is 1. The second kappa shape index (κ2) is 5.68. The third-order valence-corrected chi connectivity index (χ3v) is 4.29. The molecule has 98 valence electrons. The third kappa shape index (κ3) is 3.67. The zero-order valence-corrected chi connectivity index (χ0v) is 10.9. The Balaban J connectivity index is 1.42. The van der Waals surface area contributed by atoms with Crippen LogP contribution < -0.4 is 5.32 Å². The molecule has 0 aromatic rings. The fourth-order valence-electron chi connectivity index (χ4n) is 3.18. The third-order valence-electron chi connectivity index (χ3n) is 4.29. The molecule has 2 unspecified atom stereocenters. The smallest absolute Gasteiger partial charge is 0.0702 e. The Morgan fingerprint density at radius 2 is 1.94 bits per heavy atom. The molecule has 0 bridgehead atoms. The van der Waals surface area contributed by atoms with E-state index in [1.165, 1.54) is 64.6 Å². The first-order valence-electron chi connectivity index (χ1n) is 7.50. The number of piperidine rings is 1. The SMILES string of the molecule is C1CCC(CN2CCCC(NC3CC3)C2)OC1. The normalized spacial score (nSPS) is 36.0. The summed E-state index contributed by atoms with van der Waals surface area (Å²) in [4.78, 5) is 2.62. The molecule has 2 atom stereocenters. The molecule has 0 spiro atoms. The van der Waals surface area contributed by atoms with Gasteiger partial charge in [0, 0.05) is 31.8 Å². The lowest BCUT2D eigenvalue weighted by atomic mass is 10.0. The van der Waals surface area contributed by atoms with E-state index in [-0.39, 0.29) is 0 Å². The van der Waals surface area contributed by atoms with E-state index in [1.54, 1.807) is 0 Å². The number of rotatable bonds is 4. The van der Waals surface area contributed by atoms with Crippen molar-refractivity contribution in [3.05, 3.63) is 0 Å². The van der Waals surface area contributed by atoms with Crippen molar-refractivity contribution in [2.45, 2.75) is 63.1 Å². The molecule has 3 nitrogen and oxygen atoms in total. The van der Waals surface area contributed by atoms with Crippen LogP contribution in [0.25, 0.3) is 0 Å². The zero-order valence-electron chi connectivity index (χ0n) is 10.9. The highest BCUT2D eigenvalue weighted by molar-refractivity contribution is 4.88. The summed E-state index contributed by atoms with van der Waals surface area (Å²) in [6.07, 6.45) is 9.96. The summed E-state index contributed by atoms with van der Waals surface area (Å²) in [6.45, 7) is 4.68. The Morgan fingerprint density at radius 1 is 1.00 bits per heavy atom. The van der Waals surface area contributed by atoms with Crippen molar-refractivity contribution in [1.82, 2.24) is 10.2 Å². The fraction of sp³-hybridized carbons (Fsp3) is 1.00. The maximum Gasteiger partial charge on any atom is 0.0702 e. The highest BCUT2D eigenvalue weighted by atomic mass is 16.5. The van der Waals surface area contributed by atoms with Gasteiger partial charge in [-0.15, -0.1) is 0 Å².